The van der Waals surface area contributed by atoms with E-state index in [2.05, 4.69) is 0 Å². The van der Waals surface area contributed by atoms with Crippen LogP contribution in [0.5, 0.6) is 11.5 Å². The third kappa shape index (κ3) is 4.24. The topological polar surface area (TPSA) is 86.3 Å². The van der Waals surface area contributed by atoms with Gasteiger partial charge in [-0.3, -0.25) is 0 Å². The van der Waals surface area contributed by atoms with Crippen molar-refractivity contribution in [3.63, 3.8) is 0 Å². The van der Waals surface area contributed by atoms with Crippen molar-refractivity contribution in [2.45, 2.75) is 6.10 Å². The van der Waals surface area contributed by atoms with Crippen LogP contribution in [0.4, 0.5) is 0 Å². The molecule has 0 spiro atoms. The summed E-state index contributed by atoms with van der Waals surface area (Å²) in [7, 11) is 0. The molecule has 2 aromatic rings. The van der Waals surface area contributed by atoms with E-state index in [-0.39, 0.29) is 13.2 Å². The molecular formula is C17H14N2O3. The lowest BCUT2D eigenvalue weighted by atomic mass is 10.2. The second-order valence-electron chi connectivity index (χ2n) is 4.51. The van der Waals surface area contributed by atoms with Gasteiger partial charge in [0.05, 0.1) is 29.9 Å². The van der Waals surface area contributed by atoms with Gasteiger partial charge in [0, 0.05) is 0 Å². The molecule has 0 aliphatic rings. The molecule has 110 valence electrons. The molecule has 0 aliphatic carbocycles. The highest BCUT2D eigenvalue weighted by Gasteiger charge is 2.10. The number of benzene rings is 2. The van der Waals surface area contributed by atoms with Crippen molar-refractivity contribution < 1.29 is 14.6 Å². The number of aliphatic hydroxyl groups excluding tert-OH is 1. The van der Waals surface area contributed by atoms with E-state index in [0.29, 0.717) is 22.6 Å². The van der Waals surface area contributed by atoms with Gasteiger partial charge in [0.15, 0.2) is 6.10 Å². The number of nitriles is 2. The first kappa shape index (κ1) is 15.4. The van der Waals surface area contributed by atoms with E-state index in [4.69, 9.17) is 20.0 Å². The SMILES string of the molecule is N#Cc1ccc(OCC(CO)Oc2ccc(C#N)cc2)cc1. The molecule has 0 aromatic heterocycles. The van der Waals surface area contributed by atoms with E-state index in [1.54, 1.807) is 48.5 Å². The Morgan fingerprint density at radius 3 is 1.82 bits per heavy atom. The Hall–Kier alpha value is -3.02. The summed E-state index contributed by atoms with van der Waals surface area (Å²) in [5.41, 5.74) is 1.10. The molecule has 0 saturated heterocycles. The fourth-order valence-corrected chi connectivity index (χ4v) is 1.74. The summed E-state index contributed by atoms with van der Waals surface area (Å²) in [5.74, 6) is 1.15. The van der Waals surface area contributed by atoms with Gasteiger partial charge in [0.1, 0.15) is 18.1 Å². The first-order valence-corrected chi connectivity index (χ1v) is 6.66. The number of ether oxygens (including phenoxy) is 2. The van der Waals surface area contributed by atoms with Gasteiger partial charge in [-0.2, -0.15) is 10.5 Å². The minimum Gasteiger partial charge on any atom is -0.490 e. The molecule has 0 amide bonds. The third-order valence-electron chi connectivity index (χ3n) is 2.91. The third-order valence-corrected chi connectivity index (χ3v) is 2.91. The normalized spacial score (nSPS) is 11.0. The molecule has 0 aliphatic heterocycles. The van der Waals surface area contributed by atoms with Crippen molar-refractivity contribution in [1.82, 2.24) is 0 Å². The maximum atomic E-state index is 9.35. The second kappa shape index (κ2) is 7.68. The average molecular weight is 294 g/mol. The molecule has 1 unspecified atom stereocenters. The predicted molar refractivity (Wildman–Crippen MR) is 79.3 cm³/mol. The van der Waals surface area contributed by atoms with Crippen LogP contribution in [0.25, 0.3) is 0 Å². The first-order chi connectivity index (χ1) is 10.7. The molecule has 0 radical (unpaired) electrons. The van der Waals surface area contributed by atoms with Crippen LogP contribution in [0, 0.1) is 22.7 Å². The lowest BCUT2D eigenvalue weighted by Gasteiger charge is -2.17. The van der Waals surface area contributed by atoms with Gasteiger partial charge in [0.25, 0.3) is 0 Å². The van der Waals surface area contributed by atoms with Crippen LogP contribution < -0.4 is 9.47 Å². The van der Waals surface area contributed by atoms with Crippen molar-refractivity contribution >= 4 is 0 Å². The Labute approximate surface area is 128 Å². The van der Waals surface area contributed by atoms with Crippen molar-refractivity contribution in [2.24, 2.45) is 0 Å². The Balaban J connectivity index is 1.91. The van der Waals surface area contributed by atoms with Crippen molar-refractivity contribution in [2.75, 3.05) is 13.2 Å². The highest BCUT2D eigenvalue weighted by atomic mass is 16.5. The van der Waals surface area contributed by atoms with Gasteiger partial charge in [-0.05, 0) is 48.5 Å². The lowest BCUT2D eigenvalue weighted by molar-refractivity contribution is 0.0718. The molecule has 1 atom stereocenters. The Bertz CT molecular complexity index is 682. The van der Waals surface area contributed by atoms with Gasteiger partial charge in [-0.15, -0.1) is 0 Å². The molecule has 2 aromatic carbocycles. The zero-order valence-electron chi connectivity index (χ0n) is 11.8. The summed E-state index contributed by atoms with van der Waals surface area (Å²) >= 11 is 0. The zero-order valence-corrected chi connectivity index (χ0v) is 11.8. The first-order valence-electron chi connectivity index (χ1n) is 6.66. The van der Waals surface area contributed by atoms with Gasteiger partial charge in [-0.25, -0.2) is 0 Å². The highest BCUT2D eigenvalue weighted by Crippen LogP contribution is 2.15. The minimum absolute atomic E-state index is 0.169. The number of hydrogen-bond donors (Lipinski definition) is 1. The summed E-state index contributed by atoms with van der Waals surface area (Å²) in [4.78, 5) is 0. The number of rotatable bonds is 6. The van der Waals surface area contributed by atoms with E-state index in [1.807, 2.05) is 12.1 Å². The Morgan fingerprint density at radius 1 is 0.864 bits per heavy atom. The van der Waals surface area contributed by atoms with Gasteiger partial charge in [0.2, 0.25) is 0 Å². The van der Waals surface area contributed by atoms with E-state index in [0.717, 1.165) is 0 Å². The van der Waals surface area contributed by atoms with Gasteiger partial charge in [-0.1, -0.05) is 0 Å². The summed E-state index contributed by atoms with van der Waals surface area (Å²) in [6.45, 7) is -0.0291. The molecule has 0 fully saturated rings. The zero-order chi connectivity index (χ0) is 15.8. The van der Waals surface area contributed by atoms with E-state index in [9.17, 15) is 5.11 Å². The second-order valence-corrected chi connectivity index (χ2v) is 4.51. The molecule has 0 bridgehead atoms. The van der Waals surface area contributed by atoms with Crippen molar-refractivity contribution in [1.29, 1.82) is 10.5 Å². The quantitative estimate of drug-likeness (QED) is 0.883. The predicted octanol–water partition coefficient (Wildman–Crippen LogP) is 2.25. The molecule has 5 nitrogen and oxygen atoms in total. The van der Waals surface area contributed by atoms with E-state index < -0.39 is 6.10 Å². The summed E-state index contributed by atoms with van der Waals surface area (Å²) in [5, 5.41) is 26.8. The van der Waals surface area contributed by atoms with Crippen LogP contribution in [0.15, 0.2) is 48.5 Å². The molecule has 0 heterocycles. The molecule has 2 rings (SSSR count). The van der Waals surface area contributed by atoms with Gasteiger partial charge < -0.3 is 14.6 Å². The standard InChI is InChI=1S/C17H14N2O3/c18-9-13-1-5-15(6-2-13)21-12-17(11-20)22-16-7-3-14(10-19)4-8-16/h1-8,17,20H,11-12H2. The Morgan fingerprint density at radius 2 is 1.36 bits per heavy atom. The van der Waals surface area contributed by atoms with Crippen molar-refractivity contribution in [3.05, 3.63) is 59.7 Å². The monoisotopic (exact) mass is 294 g/mol. The van der Waals surface area contributed by atoms with Crippen molar-refractivity contribution in [3.8, 4) is 23.6 Å². The maximum Gasteiger partial charge on any atom is 0.155 e. The van der Waals surface area contributed by atoms with Crippen LogP contribution in [-0.4, -0.2) is 24.4 Å². The van der Waals surface area contributed by atoms with Crippen LogP contribution in [0.3, 0.4) is 0 Å². The smallest absolute Gasteiger partial charge is 0.155 e. The van der Waals surface area contributed by atoms with Crippen LogP contribution in [0.2, 0.25) is 0 Å². The van der Waals surface area contributed by atoms with E-state index >= 15 is 0 Å². The molecule has 0 saturated carbocycles. The number of nitrogens with zero attached hydrogens (tertiary/aromatic N) is 2. The van der Waals surface area contributed by atoms with E-state index in [1.165, 1.54) is 0 Å². The molecular weight excluding hydrogens is 280 g/mol. The average Bonchev–Trinajstić information content (AvgIpc) is 2.59. The fourth-order valence-electron chi connectivity index (χ4n) is 1.74. The van der Waals surface area contributed by atoms with Crippen LogP contribution in [-0.2, 0) is 0 Å². The maximum absolute atomic E-state index is 9.35. The van der Waals surface area contributed by atoms with Gasteiger partial charge >= 0.3 is 0 Å². The minimum atomic E-state index is -0.524. The van der Waals surface area contributed by atoms with Crippen LogP contribution >= 0.6 is 0 Å². The molecule has 5 heteroatoms. The summed E-state index contributed by atoms with van der Waals surface area (Å²) < 4.78 is 11.1. The summed E-state index contributed by atoms with van der Waals surface area (Å²) in [6, 6.07) is 17.4. The fraction of sp³-hybridized carbons (Fsp3) is 0.176. The van der Waals surface area contributed by atoms with Crippen LogP contribution in [0.1, 0.15) is 11.1 Å². The lowest BCUT2D eigenvalue weighted by Crippen LogP contribution is -2.28. The molecule has 22 heavy (non-hydrogen) atoms. The number of hydrogen-bond acceptors (Lipinski definition) is 5. The number of aliphatic hydroxyl groups is 1. The Kier molecular flexibility index (Phi) is 5.37. The summed E-state index contributed by atoms with van der Waals surface area (Å²) in [6.07, 6.45) is -0.524. The molecule has 1 N–H and O–H groups in total. The highest BCUT2D eigenvalue weighted by molar-refractivity contribution is 5.35. The largest absolute Gasteiger partial charge is 0.490 e.